The number of carbonyl (C=O) groups is 2. The maximum absolute atomic E-state index is 12.9. The van der Waals surface area contributed by atoms with Crippen molar-refractivity contribution in [2.75, 3.05) is 5.32 Å². The molecule has 0 bridgehead atoms. The van der Waals surface area contributed by atoms with E-state index in [0.29, 0.717) is 17.1 Å². The highest BCUT2D eigenvalue weighted by Gasteiger charge is 2.31. The van der Waals surface area contributed by atoms with E-state index in [-0.39, 0.29) is 16.4 Å². The van der Waals surface area contributed by atoms with E-state index in [1.54, 1.807) is 0 Å². The predicted octanol–water partition coefficient (Wildman–Crippen LogP) is 4.21. The minimum absolute atomic E-state index is 0.128. The third kappa shape index (κ3) is 4.74. The molecule has 0 saturated carbocycles. The van der Waals surface area contributed by atoms with Gasteiger partial charge < -0.3 is 15.3 Å². The van der Waals surface area contributed by atoms with Gasteiger partial charge in [0.05, 0.1) is 21.6 Å². The van der Waals surface area contributed by atoms with Crippen molar-refractivity contribution in [2.24, 2.45) is 10.2 Å². The third-order valence-corrected chi connectivity index (χ3v) is 4.29. The van der Waals surface area contributed by atoms with Crippen molar-refractivity contribution in [3.63, 3.8) is 0 Å². The lowest BCUT2D eigenvalue weighted by Gasteiger charge is -2.10. The Morgan fingerprint density at radius 2 is 1.80 bits per heavy atom. The number of carbonyl (C=O) groups excluding carboxylic acids is 2. The number of rotatable bonds is 5. The molecule has 1 atom stereocenters. The van der Waals surface area contributed by atoms with Crippen molar-refractivity contribution >= 4 is 45.7 Å². The summed E-state index contributed by atoms with van der Waals surface area (Å²) in [7, 11) is 0. The first kappa shape index (κ1) is 21.2. The fourth-order valence-electron chi connectivity index (χ4n) is 2.52. The van der Waals surface area contributed by atoms with E-state index in [0.717, 1.165) is 19.1 Å². The molecule has 0 fully saturated rings. The number of aromatic amines is 2. The highest BCUT2D eigenvalue weighted by molar-refractivity contribution is 6.33. The molecule has 1 unspecified atom stereocenters. The summed E-state index contributed by atoms with van der Waals surface area (Å²) in [6.45, 7) is 1.09. The van der Waals surface area contributed by atoms with Gasteiger partial charge in [-0.2, -0.15) is 23.4 Å². The summed E-state index contributed by atoms with van der Waals surface area (Å²) in [5.41, 5.74) is -0.562. The largest absolute Gasteiger partial charge is 0.416 e. The SMILES string of the molecule is CC(=O)C(N=Nc1cc(C(F)(F)F)ccc1Cl)C(=O)Nc1ccc2[nH]c(=O)[nH]c2c1. The number of H-pyrrole nitrogens is 2. The van der Waals surface area contributed by atoms with Crippen LogP contribution in [0.25, 0.3) is 11.0 Å². The van der Waals surface area contributed by atoms with Crippen LogP contribution in [0.2, 0.25) is 5.02 Å². The lowest BCUT2D eigenvalue weighted by Crippen LogP contribution is -2.31. The molecule has 0 aliphatic heterocycles. The quantitative estimate of drug-likeness (QED) is 0.408. The number of azo groups is 1. The number of Topliss-reactive ketones (excluding diaryl/α,β-unsaturated/α-hetero) is 1. The third-order valence-electron chi connectivity index (χ3n) is 3.97. The average molecular weight is 440 g/mol. The highest BCUT2D eigenvalue weighted by Crippen LogP contribution is 2.35. The van der Waals surface area contributed by atoms with Gasteiger partial charge in [0, 0.05) is 5.69 Å². The summed E-state index contributed by atoms with van der Waals surface area (Å²) >= 11 is 5.84. The molecule has 30 heavy (non-hydrogen) atoms. The van der Waals surface area contributed by atoms with Crippen LogP contribution in [0.3, 0.4) is 0 Å². The van der Waals surface area contributed by atoms with Gasteiger partial charge in [0.2, 0.25) is 6.04 Å². The molecule has 8 nitrogen and oxygen atoms in total. The molecule has 1 heterocycles. The van der Waals surface area contributed by atoms with Crippen LogP contribution in [-0.4, -0.2) is 27.7 Å². The minimum atomic E-state index is -4.62. The summed E-state index contributed by atoms with van der Waals surface area (Å²) in [6, 6.07) is 5.31. The number of benzene rings is 2. The molecular weight excluding hydrogens is 427 g/mol. The second kappa shape index (κ2) is 8.11. The van der Waals surface area contributed by atoms with Gasteiger partial charge in [-0.3, -0.25) is 9.59 Å². The van der Waals surface area contributed by atoms with Crippen LogP contribution in [0.5, 0.6) is 0 Å². The molecule has 0 radical (unpaired) electrons. The first-order valence-corrected chi connectivity index (χ1v) is 8.73. The number of imidazole rings is 1. The van der Waals surface area contributed by atoms with E-state index < -0.39 is 35.2 Å². The summed E-state index contributed by atoms with van der Waals surface area (Å²) in [5, 5.41) is 9.48. The van der Waals surface area contributed by atoms with Gasteiger partial charge >= 0.3 is 11.9 Å². The van der Waals surface area contributed by atoms with E-state index in [1.165, 1.54) is 18.2 Å². The van der Waals surface area contributed by atoms with Gasteiger partial charge in [-0.05, 0) is 43.3 Å². The summed E-state index contributed by atoms with van der Waals surface area (Å²) < 4.78 is 38.6. The standard InChI is InChI=1S/C18H13ClF3N5O3/c1-8(28)15(27-26-13-6-9(18(20,21)22)2-4-11(13)19)16(29)23-10-3-5-12-14(7-10)25-17(30)24-12/h2-7,15H,1H3,(H,23,29)(H2,24,25,30). The number of alkyl halides is 3. The Morgan fingerprint density at radius 1 is 1.10 bits per heavy atom. The Hall–Kier alpha value is -3.47. The summed E-state index contributed by atoms with van der Waals surface area (Å²) in [6.07, 6.45) is -4.62. The first-order chi connectivity index (χ1) is 14.0. The first-order valence-electron chi connectivity index (χ1n) is 8.35. The molecule has 0 saturated heterocycles. The normalized spacial score (nSPS) is 13.0. The zero-order valence-corrected chi connectivity index (χ0v) is 15.9. The zero-order valence-electron chi connectivity index (χ0n) is 15.2. The average Bonchev–Trinajstić information content (AvgIpc) is 3.01. The Bertz CT molecular complexity index is 1220. The number of fused-ring (bicyclic) bond motifs is 1. The Kier molecular flexibility index (Phi) is 5.74. The number of ketones is 1. The number of anilines is 1. The predicted molar refractivity (Wildman–Crippen MR) is 103 cm³/mol. The molecule has 1 amide bonds. The molecule has 0 aliphatic carbocycles. The molecule has 3 aromatic rings. The van der Waals surface area contributed by atoms with E-state index >= 15 is 0 Å². The van der Waals surface area contributed by atoms with Crippen molar-refractivity contribution in [1.29, 1.82) is 0 Å². The van der Waals surface area contributed by atoms with Crippen LogP contribution in [0.15, 0.2) is 51.4 Å². The molecule has 0 aliphatic rings. The number of hydrogen-bond acceptors (Lipinski definition) is 5. The van der Waals surface area contributed by atoms with Crippen molar-refractivity contribution in [3.8, 4) is 0 Å². The van der Waals surface area contributed by atoms with Crippen LogP contribution in [-0.2, 0) is 15.8 Å². The van der Waals surface area contributed by atoms with Gasteiger partial charge in [0.1, 0.15) is 5.69 Å². The topological polar surface area (TPSA) is 120 Å². The number of nitrogens with one attached hydrogen (secondary N) is 3. The highest BCUT2D eigenvalue weighted by atomic mass is 35.5. The number of nitrogens with zero attached hydrogens (tertiary/aromatic N) is 2. The monoisotopic (exact) mass is 439 g/mol. The van der Waals surface area contributed by atoms with Gasteiger partial charge in [-0.15, -0.1) is 0 Å². The number of aromatic nitrogens is 2. The fraction of sp³-hybridized carbons (Fsp3) is 0.167. The zero-order chi connectivity index (χ0) is 22.1. The van der Waals surface area contributed by atoms with Crippen LogP contribution in [0.1, 0.15) is 12.5 Å². The lowest BCUT2D eigenvalue weighted by molar-refractivity contribution is -0.137. The van der Waals surface area contributed by atoms with Crippen LogP contribution in [0, 0.1) is 0 Å². The molecule has 12 heteroatoms. The van der Waals surface area contributed by atoms with Crippen molar-refractivity contribution in [2.45, 2.75) is 19.1 Å². The van der Waals surface area contributed by atoms with Crippen molar-refractivity contribution in [1.82, 2.24) is 9.97 Å². The molecule has 2 aromatic carbocycles. The smallest absolute Gasteiger partial charge is 0.324 e. The van der Waals surface area contributed by atoms with Gasteiger partial charge in [0.25, 0.3) is 5.91 Å². The van der Waals surface area contributed by atoms with Crippen molar-refractivity contribution in [3.05, 3.63) is 57.5 Å². The molecule has 1 aromatic heterocycles. The molecule has 3 N–H and O–H groups in total. The maximum Gasteiger partial charge on any atom is 0.416 e. The van der Waals surface area contributed by atoms with Gasteiger partial charge in [-0.1, -0.05) is 11.6 Å². The van der Waals surface area contributed by atoms with Crippen LogP contribution in [0.4, 0.5) is 24.5 Å². The second-order valence-corrected chi connectivity index (χ2v) is 6.63. The Balaban J connectivity index is 1.83. The van der Waals surface area contributed by atoms with Gasteiger partial charge in [-0.25, -0.2) is 4.79 Å². The Morgan fingerprint density at radius 3 is 2.47 bits per heavy atom. The minimum Gasteiger partial charge on any atom is -0.324 e. The van der Waals surface area contributed by atoms with E-state index in [1.807, 2.05) is 0 Å². The molecule has 0 spiro atoms. The van der Waals surface area contributed by atoms with Crippen LogP contribution >= 0.6 is 11.6 Å². The molecule has 156 valence electrons. The van der Waals surface area contributed by atoms with Gasteiger partial charge in [0.15, 0.2) is 5.78 Å². The van der Waals surface area contributed by atoms with E-state index in [2.05, 4.69) is 25.5 Å². The lowest BCUT2D eigenvalue weighted by atomic mass is 10.2. The van der Waals surface area contributed by atoms with E-state index in [4.69, 9.17) is 11.6 Å². The number of amides is 1. The fourth-order valence-corrected chi connectivity index (χ4v) is 2.68. The summed E-state index contributed by atoms with van der Waals surface area (Å²) in [5.74, 6) is -1.54. The number of hydrogen-bond donors (Lipinski definition) is 3. The van der Waals surface area contributed by atoms with Crippen LogP contribution < -0.4 is 11.0 Å². The summed E-state index contributed by atoms with van der Waals surface area (Å²) in [4.78, 5) is 40.6. The Labute approximate surface area is 171 Å². The maximum atomic E-state index is 12.9. The van der Waals surface area contributed by atoms with Crippen molar-refractivity contribution < 1.29 is 22.8 Å². The second-order valence-electron chi connectivity index (χ2n) is 6.22. The molecule has 3 rings (SSSR count). The molecular formula is C18H13ClF3N5O3. The van der Waals surface area contributed by atoms with E-state index in [9.17, 15) is 27.6 Å². The number of halogens is 4.